The molecule has 3 rings (SSSR count). The summed E-state index contributed by atoms with van der Waals surface area (Å²) in [5.74, 6) is -0.406. The lowest BCUT2D eigenvalue weighted by molar-refractivity contribution is -0.117. The van der Waals surface area contributed by atoms with Gasteiger partial charge in [-0.05, 0) is 32.9 Å². The Labute approximate surface area is 183 Å². The molecule has 2 heterocycles. The predicted octanol–water partition coefficient (Wildman–Crippen LogP) is 3.68. The third-order valence-electron chi connectivity index (χ3n) is 4.13. The summed E-state index contributed by atoms with van der Waals surface area (Å²) < 4.78 is 60.9. The minimum Gasteiger partial charge on any atom is -0.376 e. The minimum absolute atomic E-state index is 0.0188. The van der Waals surface area contributed by atoms with E-state index in [-0.39, 0.29) is 28.5 Å². The first-order chi connectivity index (χ1) is 14.3. The Morgan fingerprint density at radius 1 is 1.13 bits per heavy atom. The standard InChI is InChI=1S/C12H14N2OS.C7H6F3NO3S/c1-8-3-5-10(6-4-8)14-7-13-9(2)11(16)12(14)15;1-5-4-11-3-2-6(5)14-15(12,13)7(8,9)10/h3-7,9,11,16H,1-2H3;2-4H,1H3. The molecule has 0 fully saturated rings. The van der Waals surface area contributed by atoms with Crippen molar-refractivity contribution >= 4 is 40.7 Å². The van der Waals surface area contributed by atoms with E-state index in [1.54, 1.807) is 11.2 Å². The van der Waals surface area contributed by atoms with E-state index in [0.717, 1.165) is 18.0 Å². The number of pyridine rings is 1. The van der Waals surface area contributed by atoms with E-state index in [1.807, 2.05) is 38.1 Å². The van der Waals surface area contributed by atoms with Crippen molar-refractivity contribution in [3.8, 4) is 5.75 Å². The topological polar surface area (TPSA) is 88.9 Å². The summed E-state index contributed by atoms with van der Waals surface area (Å²) in [4.78, 5) is 21.4. The van der Waals surface area contributed by atoms with Crippen molar-refractivity contribution in [2.45, 2.75) is 37.6 Å². The second kappa shape index (κ2) is 9.69. The molecule has 0 saturated heterocycles. The number of aliphatic imine (C=N–C) groups is 1. The van der Waals surface area contributed by atoms with Crippen LogP contribution in [-0.2, 0) is 14.9 Å². The molecule has 0 spiro atoms. The number of carbonyl (C=O) groups excluding carboxylic acids is 1. The lowest BCUT2D eigenvalue weighted by Gasteiger charge is -2.27. The van der Waals surface area contributed by atoms with Crippen molar-refractivity contribution in [2.24, 2.45) is 4.99 Å². The zero-order chi connectivity index (χ0) is 23.4. The summed E-state index contributed by atoms with van der Waals surface area (Å²) in [6.45, 7) is 5.28. The summed E-state index contributed by atoms with van der Waals surface area (Å²) >= 11 is 4.28. The van der Waals surface area contributed by atoms with Crippen LogP contribution in [0.3, 0.4) is 0 Å². The number of rotatable bonds is 3. The number of carbonyl (C=O) groups is 1. The molecule has 168 valence electrons. The van der Waals surface area contributed by atoms with Gasteiger partial charge in [0.1, 0.15) is 11.0 Å². The van der Waals surface area contributed by atoms with Crippen LogP contribution in [0.4, 0.5) is 18.9 Å². The van der Waals surface area contributed by atoms with Crippen LogP contribution in [0.25, 0.3) is 0 Å². The van der Waals surface area contributed by atoms with Crippen molar-refractivity contribution < 1.29 is 30.6 Å². The van der Waals surface area contributed by atoms with E-state index in [9.17, 15) is 26.4 Å². The Balaban J connectivity index is 0.000000221. The molecule has 0 bridgehead atoms. The minimum atomic E-state index is -5.60. The highest BCUT2D eigenvalue weighted by Gasteiger charge is 2.48. The molecule has 2 atom stereocenters. The van der Waals surface area contributed by atoms with Crippen LogP contribution in [0.1, 0.15) is 18.1 Å². The van der Waals surface area contributed by atoms with Crippen molar-refractivity contribution in [2.75, 3.05) is 4.90 Å². The number of hydrogen-bond donors (Lipinski definition) is 1. The van der Waals surface area contributed by atoms with Gasteiger partial charge in [-0.15, -0.1) is 0 Å². The average Bonchev–Trinajstić information content (AvgIpc) is 2.69. The molecule has 1 aromatic carbocycles. The number of aryl methyl sites for hydroxylation is 2. The maximum Gasteiger partial charge on any atom is 0.534 e. The molecule has 0 saturated carbocycles. The number of thiol groups is 1. The van der Waals surface area contributed by atoms with E-state index in [1.165, 1.54) is 18.7 Å². The summed E-state index contributed by atoms with van der Waals surface area (Å²) in [5.41, 5.74) is -3.22. The van der Waals surface area contributed by atoms with Crippen molar-refractivity contribution in [3.63, 3.8) is 0 Å². The molecule has 1 aliphatic heterocycles. The Hall–Kier alpha value is -2.60. The van der Waals surface area contributed by atoms with Crippen molar-refractivity contribution in [1.82, 2.24) is 4.98 Å². The molecule has 1 aliphatic rings. The highest BCUT2D eigenvalue weighted by molar-refractivity contribution is 7.88. The highest BCUT2D eigenvalue weighted by atomic mass is 32.2. The number of benzene rings is 1. The molecule has 31 heavy (non-hydrogen) atoms. The monoisotopic (exact) mass is 475 g/mol. The second-order valence-electron chi connectivity index (χ2n) is 6.62. The number of nitrogens with zero attached hydrogens (tertiary/aromatic N) is 3. The molecule has 0 radical (unpaired) electrons. The third-order valence-corrected chi connectivity index (χ3v) is 5.75. The van der Waals surface area contributed by atoms with Gasteiger partial charge in [0, 0.05) is 29.7 Å². The number of halogens is 3. The fraction of sp³-hybridized carbons (Fsp3) is 0.316. The molecule has 2 aromatic rings. The molecule has 1 aromatic heterocycles. The maximum atomic E-state index is 12.0. The molecule has 7 nitrogen and oxygen atoms in total. The molecule has 0 N–H and O–H groups in total. The van der Waals surface area contributed by atoms with Gasteiger partial charge in [-0.25, -0.2) is 0 Å². The van der Waals surface area contributed by atoms with E-state index in [0.29, 0.717) is 0 Å². The molecule has 1 amide bonds. The number of alkyl halides is 3. The Morgan fingerprint density at radius 3 is 2.29 bits per heavy atom. The van der Waals surface area contributed by atoms with Crippen LogP contribution in [0.2, 0.25) is 0 Å². The summed E-state index contributed by atoms with van der Waals surface area (Å²) in [5, 5.41) is -0.355. The Kier molecular flexibility index (Phi) is 7.71. The number of hydrogen-bond acceptors (Lipinski definition) is 7. The third kappa shape index (κ3) is 6.20. The van der Waals surface area contributed by atoms with Gasteiger partial charge in [0.25, 0.3) is 0 Å². The fourth-order valence-corrected chi connectivity index (χ4v) is 3.00. The first-order valence-corrected chi connectivity index (χ1v) is 10.8. The van der Waals surface area contributed by atoms with Crippen LogP contribution < -0.4 is 9.08 Å². The van der Waals surface area contributed by atoms with E-state index in [4.69, 9.17) is 0 Å². The van der Waals surface area contributed by atoms with Crippen molar-refractivity contribution in [3.05, 3.63) is 53.9 Å². The largest absolute Gasteiger partial charge is 0.534 e. The Bertz CT molecular complexity index is 1060. The molecular formula is C19H20F3N3O4S2. The summed E-state index contributed by atoms with van der Waals surface area (Å²) in [6.07, 6.45) is 3.92. The van der Waals surface area contributed by atoms with Crippen LogP contribution in [0.5, 0.6) is 5.75 Å². The Morgan fingerprint density at radius 2 is 1.74 bits per heavy atom. The van der Waals surface area contributed by atoms with E-state index >= 15 is 0 Å². The maximum absolute atomic E-state index is 12.0. The van der Waals surface area contributed by atoms with Gasteiger partial charge in [0.05, 0.1) is 12.4 Å². The SMILES string of the molecule is Cc1ccc(N2C=NC(C)C(S)C2=O)cc1.Cc1cnccc1OS(=O)(=O)C(F)(F)F. The van der Waals surface area contributed by atoms with Gasteiger partial charge >= 0.3 is 15.6 Å². The van der Waals surface area contributed by atoms with Crippen molar-refractivity contribution in [1.29, 1.82) is 0 Å². The summed E-state index contributed by atoms with van der Waals surface area (Å²) in [7, 11) is -5.60. The van der Waals surface area contributed by atoms with Gasteiger partial charge in [0.15, 0.2) is 0 Å². The van der Waals surface area contributed by atoms with Crippen LogP contribution in [0.15, 0.2) is 47.7 Å². The zero-order valence-electron chi connectivity index (χ0n) is 16.7. The van der Waals surface area contributed by atoms with Gasteiger partial charge in [-0.3, -0.25) is 19.7 Å². The predicted molar refractivity (Wildman–Crippen MR) is 114 cm³/mol. The fourth-order valence-electron chi connectivity index (χ4n) is 2.28. The van der Waals surface area contributed by atoms with Crippen LogP contribution in [-0.4, -0.2) is 42.4 Å². The normalized spacial score (nSPS) is 18.9. The first-order valence-electron chi connectivity index (χ1n) is 8.86. The summed E-state index contributed by atoms with van der Waals surface area (Å²) in [6, 6.07) is 8.76. The van der Waals surface area contributed by atoms with E-state index in [2.05, 4.69) is 26.8 Å². The zero-order valence-corrected chi connectivity index (χ0v) is 18.4. The van der Waals surface area contributed by atoms with Gasteiger partial charge in [-0.1, -0.05) is 17.7 Å². The lowest BCUT2D eigenvalue weighted by atomic mass is 10.1. The lowest BCUT2D eigenvalue weighted by Crippen LogP contribution is -2.44. The van der Waals surface area contributed by atoms with E-state index < -0.39 is 15.6 Å². The molecule has 12 heteroatoms. The van der Waals surface area contributed by atoms with Gasteiger partial charge in [0.2, 0.25) is 5.91 Å². The van der Waals surface area contributed by atoms with Crippen LogP contribution in [0, 0.1) is 13.8 Å². The smallest absolute Gasteiger partial charge is 0.376 e. The molecular weight excluding hydrogens is 455 g/mol. The number of amides is 1. The molecule has 0 aliphatic carbocycles. The van der Waals surface area contributed by atoms with Gasteiger partial charge < -0.3 is 4.18 Å². The molecule has 2 unspecified atom stereocenters. The number of aromatic nitrogens is 1. The average molecular weight is 476 g/mol. The quantitative estimate of drug-likeness (QED) is 0.416. The first kappa shape index (κ1) is 24.7. The second-order valence-corrected chi connectivity index (χ2v) is 8.71. The number of anilines is 1. The van der Waals surface area contributed by atoms with Gasteiger partial charge in [-0.2, -0.15) is 34.2 Å². The highest BCUT2D eigenvalue weighted by Crippen LogP contribution is 2.28. The van der Waals surface area contributed by atoms with Crippen LogP contribution >= 0.6 is 12.6 Å².